The molecule has 0 saturated heterocycles. The van der Waals surface area contributed by atoms with Gasteiger partial charge in [-0.1, -0.05) is 18.2 Å². The van der Waals surface area contributed by atoms with Gasteiger partial charge in [-0.3, -0.25) is 4.79 Å². The number of ether oxygens (including phenoxy) is 1. The molecular formula is C15H17N3O2. The molecule has 104 valence electrons. The molecule has 0 saturated carbocycles. The van der Waals surface area contributed by atoms with Crippen molar-refractivity contribution in [1.82, 2.24) is 4.98 Å². The number of amides is 1. The van der Waals surface area contributed by atoms with Crippen LogP contribution in [0.4, 0.5) is 5.82 Å². The average Bonchev–Trinajstić information content (AvgIpc) is 2.48. The minimum absolute atomic E-state index is 0.400. The van der Waals surface area contributed by atoms with Gasteiger partial charge in [-0.25, -0.2) is 4.98 Å². The van der Waals surface area contributed by atoms with Gasteiger partial charge in [0.25, 0.3) is 5.91 Å². The number of primary amides is 1. The second kappa shape index (κ2) is 7.13. The molecule has 1 aromatic carbocycles. The Morgan fingerprint density at radius 3 is 2.75 bits per heavy atom. The lowest BCUT2D eigenvalue weighted by Gasteiger charge is -2.09. The van der Waals surface area contributed by atoms with Crippen LogP contribution in [0.1, 0.15) is 16.8 Å². The van der Waals surface area contributed by atoms with E-state index in [1.807, 2.05) is 30.3 Å². The Labute approximate surface area is 117 Å². The monoisotopic (exact) mass is 271 g/mol. The van der Waals surface area contributed by atoms with Crippen molar-refractivity contribution in [3.05, 3.63) is 54.2 Å². The smallest absolute Gasteiger partial charge is 0.252 e. The summed E-state index contributed by atoms with van der Waals surface area (Å²) in [5.74, 6) is 0.879. The van der Waals surface area contributed by atoms with E-state index in [1.54, 1.807) is 18.3 Å². The maximum atomic E-state index is 11.2. The Kier molecular flexibility index (Phi) is 4.94. The van der Waals surface area contributed by atoms with Crippen LogP contribution in [0.25, 0.3) is 0 Å². The van der Waals surface area contributed by atoms with Crippen molar-refractivity contribution in [3.8, 4) is 5.75 Å². The summed E-state index contributed by atoms with van der Waals surface area (Å²) in [6.07, 6.45) is 2.42. The normalized spacial score (nSPS) is 10.0. The summed E-state index contributed by atoms with van der Waals surface area (Å²) < 4.78 is 5.57. The van der Waals surface area contributed by atoms with E-state index in [4.69, 9.17) is 10.5 Å². The molecule has 0 aliphatic rings. The van der Waals surface area contributed by atoms with Gasteiger partial charge in [0.2, 0.25) is 0 Å². The van der Waals surface area contributed by atoms with Gasteiger partial charge in [0.1, 0.15) is 11.6 Å². The predicted molar refractivity (Wildman–Crippen MR) is 77.8 cm³/mol. The molecular weight excluding hydrogens is 254 g/mol. The Morgan fingerprint density at radius 2 is 2.00 bits per heavy atom. The Bertz CT molecular complexity index is 558. The van der Waals surface area contributed by atoms with Gasteiger partial charge < -0.3 is 15.8 Å². The van der Waals surface area contributed by atoms with Crippen LogP contribution in [-0.4, -0.2) is 24.0 Å². The zero-order valence-electron chi connectivity index (χ0n) is 11.1. The molecule has 0 aliphatic carbocycles. The predicted octanol–water partition coefficient (Wildman–Crippen LogP) is 2.06. The molecule has 1 aromatic heterocycles. The minimum atomic E-state index is -0.485. The molecule has 0 aliphatic heterocycles. The van der Waals surface area contributed by atoms with Crippen LogP contribution in [0.2, 0.25) is 0 Å². The Balaban J connectivity index is 1.75. The van der Waals surface area contributed by atoms with Crippen molar-refractivity contribution >= 4 is 11.7 Å². The van der Waals surface area contributed by atoms with Gasteiger partial charge >= 0.3 is 0 Å². The van der Waals surface area contributed by atoms with Crippen molar-refractivity contribution in [1.29, 1.82) is 0 Å². The molecule has 20 heavy (non-hydrogen) atoms. The molecule has 0 unspecified atom stereocenters. The third kappa shape index (κ3) is 3.98. The van der Waals surface area contributed by atoms with E-state index in [1.165, 1.54) is 0 Å². The number of carbonyl (C=O) groups excluding carboxylic acids is 1. The number of benzene rings is 1. The van der Waals surface area contributed by atoms with E-state index in [0.29, 0.717) is 24.5 Å². The number of rotatable bonds is 7. The Hall–Kier alpha value is -2.56. The number of nitrogens with zero attached hydrogens (tertiary/aromatic N) is 1. The highest BCUT2D eigenvalue weighted by atomic mass is 16.5. The van der Waals surface area contributed by atoms with E-state index < -0.39 is 5.91 Å². The lowest BCUT2D eigenvalue weighted by Crippen LogP contribution is -2.16. The number of pyridine rings is 1. The molecule has 2 aromatic rings. The first-order valence-corrected chi connectivity index (χ1v) is 6.44. The summed E-state index contributed by atoms with van der Waals surface area (Å²) in [7, 11) is 0. The molecule has 1 heterocycles. The third-order valence-corrected chi connectivity index (χ3v) is 2.70. The summed E-state index contributed by atoms with van der Waals surface area (Å²) in [6, 6.07) is 13.0. The zero-order chi connectivity index (χ0) is 14.2. The average molecular weight is 271 g/mol. The van der Waals surface area contributed by atoms with Gasteiger partial charge in [-0.05, 0) is 30.7 Å². The summed E-state index contributed by atoms with van der Waals surface area (Å²) in [5.41, 5.74) is 5.68. The van der Waals surface area contributed by atoms with Crippen molar-refractivity contribution in [2.75, 3.05) is 18.5 Å². The van der Waals surface area contributed by atoms with Gasteiger partial charge in [0.05, 0.1) is 12.2 Å². The number of para-hydroxylation sites is 1. The molecule has 2 rings (SSSR count). The van der Waals surface area contributed by atoms with E-state index in [-0.39, 0.29) is 0 Å². The van der Waals surface area contributed by atoms with Crippen molar-refractivity contribution < 1.29 is 9.53 Å². The summed E-state index contributed by atoms with van der Waals surface area (Å²) >= 11 is 0. The van der Waals surface area contributed by atoms with Crippen LogP contribution >= 0.6 is 0 Å². The second-order valence-electron chi connectivity index (χ2n) is 4.21. The molecule has 0 radical (unpaired) electrons. The lowest BCUT2D eigenvalue weighted by molar-refractivity contribution is 0.100. The molecule has 3 N–H and O–H groups in total. The first kappa shape index (κ1) is 13.9. The third-order valence-electron chi connectivity index (χ3n) is 2.70. The molecule has 5 heteroatoms. The summed E-state index contributed by atoms with van der Waals surface area (Å²) in [5, 5.41) is 3.09. The number of hydrogen-bond acceptors (Lipinski definition) is 4. The fourth-order valence-electron chi connectivity index (χ4n) is 1.73. The van der Waals surface area contributed by atoms with E-state index in [2.05, 4.69) is 10.3 Å². The maximum absolute atomic E-state index is 11.2. The lowest BCUT2D eigenvalue weighted by atomic mass is 10.2. The first-order valence-electron chi connectivity index (χ1n) is 6.44. The van der Waals surface area contributed by atoms with Crippen molar-refractivity contribution in [2.24, 2.45) is 5.73 Å². The maximum Gasteiger partial charge on any atom is 0.252 e. The highest BCUT2D eigenvalue weighted by molar-refractivity contribution is 5.97. The van der Waals surface area contributed by atoms with E-state index in [0.717, 1.165) is 12.2 Å². The number of carbonyl (C=O) groups is 1. The number of nitrogens with one attached hydrogen (secondary N) is 1. The molecule has 5 nitrogen and oxygen atoms in total. The van der Waals surface area contributed by atoms with E-state index in [9.17, 15) is 4.79 Å². The van der Waals surface area contributed by atoms with Gasteiger partial charge in [-0.15, -0.1) is 0 Å². The first-order chi connectivity index (χ1) is 9.77. The molecule has 0 spiro atoms. The van der Waals surface area contributed by atoms with Gasteiger partial charge in [-0.2, -0.15) is 0 Å². The molecule has 0 atom stereocenters. The highest BCUT2D eigenvalue weighted by Crippen LogP contribution is 2.11. The fourth-order valence-corrected chi connectivity index (χ4v) is 1.73. The summed E-state index contributed by atoms with van der Waals surface area (Å²) in [4.78, 5) is 15.3. The van der Waals surface area contributed by atoms with Crippen LogP contribution in [0.15, 0.2) is 48.7 Å². The molecule has 0 bridgehead atoms. The Morgan fingerprint density at radius 1 is 1.20 bits per heavy atom. The van der Waals surface area contributed by atoms with E-state index >= 15 is 0 Å². The van der Waals surface area contributed by atoms with Crippen molar-refractivity contribution in [2.45, 2.75) is 6.42 Å². The quantitative estimate of drug-likeness (QED) is 0.756. The fraction of sp³-hybridized carbons (Fsp3) is 0.200. The second-order valence-corrected chi connectivity index (χ2v) is 4.21. The van der Waals surface area contributed by atoms with Crippen LogP contribution in [0.3, 0.4) is 0 Å². The zero-order valence-corrected chi connectivity index (χ0v) is 11.1. The van der Waals surface area contributed by atoms with Gasteiger partial charge in [0, 0.05) is 12.7 Å². The van der Waals surface area contributed by atoms with Crippen LogP contribution in [0, 0.1) is 0 Å². The van der Waals surface area contributed by atoms with Crippen LogP contribution in [-0.2, 0) is 0 Å². The number of anilines is 1. The molecule has 0 fully saturated rings. The van der Waals surface area contributed by atoms with Gasteiger partial charge in [0.15, 0.2) is 0 Å². The number of hydrogen-bond donors (Lipinski definition) is 2. The summed E-state index contributed by atoms with van der Waals surface area (Å²) in [6.45, 7) is 1.25. The number of nitrogens with two attached hydrogens (primary N) is 1. The largest absolute Gasteiger partial charge is 0.494 e. The SMILES string of the molecule is NC(=O)c1cccnc1NCCCOc1ccccc1. The van der Waals surface area contributed by atoms with Crippen LogP contribution < -0.4 is 15.8 Å². The van der Waals surface area contributed by atoms with Crippen molar-refractivity contribution in [3.63, 3.8) is 0 Å². The molecule has 1 amide bonds. The van der Waals surface area contributed by atoms with Crippen LogP contribution in [0.5, 0.6) is 5.75 Å². The minimum Gasteiger partial charge on any atom is -0.494 e. The standard InChI is InChI=1S/C15H17N3O2/c16-14(19)13-8-4-9-17-15(13)18-10-5-11-20-12-6-2-1-3-7-12/h1-4,6-9H,5,10-11H2,(H2,16,19)(H,17,18). The highest BCUT2D eigenvalue weighted by Gasteiger charge is 2.07. The number of aromatic nitrogens is 1. The topological polar surface area (TPSA) is 77.2 Å².